The molecule has 2 heterocycles. The predicted molar refractivity (Wildman–Crippen MR) is 311 cm³/mol. The van der Waals surface area contributed by atoms with Crippen molar-refractivity contribution in [2.75, 3.05) is 52.6 Å². The Morgan fingerprint density at radius 1 is 0.683 bits per heavy atom. The molecule has 6 unspecified atom stereocenters. The number of nitrogens with two attached hydrogens (primary N) is 1. The van der Waals surface area contributed by atoms with Gasteiger partial charge in [-0.1, -0.05) is 101 Å². The summed E-state index contributed by atoms with van der Waals surface area (Å²) >= 11 is 0. The molecule has 4 aromatic carbocycles. The van der Waals surface area contributed by atoms with Gasteiger partial charge in [0.25, 0.3) is 5.91 Å². The third-order valence-corrected chi connectivity index (χ3v) is 14.8. The quantitative estimate of drug-likeness (QED) is 0.0244. The summed E-state index contributed by atoms with van der Waals surface area (Å²) in [5, 5.41) is 34.1. The molecular weight excluding hydrogens is 1050 g/mol. The molecule has 0 bridgehead atoms. The minimum Gasteiger partial charge on any atom is -0.508 e. The van der Waals surface area contributed by atoms with E-state index in [0.29, 0.717) is 44.6 Å². The predicted octanol–water partition coefficient (Wildman–Crippen LogP) is 4.98. The van der Waals surface area contributed by atoms with Crippen LogP contribution in [0, 0.1) is 5.92 Å². The number of nitrogens with one attached hydrogen (secondary N) is 5. The van der Waals surface area contributed by atoms with Crippen LogP contribution in [-0.2, 0) is 44.7 Å². The summed E-state index contributed by atoms with van der Waals surface area (Å²) in [6, 6.07) is 24.4. The number of rotatable bonds is 31. The first-order valence-electron chi connectivity index (χ1n) is 28.9. The van der Waals surface area contributed by atoms with E-state index in [1.807, 2.05) is 67.6 Å². The fraction of sp³-hybridized carbons (Fsp3) is 0.500. The smallest absolute Gasteiger partial charge is 0.251 e. The Labute approximate surface area is 481 Å². The maximum atomic E-state index is 14.3. The van der Waals surface area contributed by atoms with Gasteiger partial charge in [0.05, 0.1) is 39.1 Å². The van der Waals surface area contributed by atoms with Crippen molar-refractivity contribution in [3.63, 3.8) is 0 Å². The molecule has 0 saturated carbocycles. The lowest BCUT2D eigenvalue weighted by atomic mass is 9.99. The molecule has 2 fully saturated rings. The van der Waals surface area contributed by atoms with Gasteiger partial charge in [0.2, 0.25) is 35.4 Å². The highest BCUT2D eigenvalue weighted by molar-refractivity contribution is 5.99. The zero-order valence-corrected chi connectivity index (χ0v) is 48.0. The number of benzene rings is 4. The first-order valence-corrected chi connectivity index (χ1v) is 28.9. The molecule has 2 aliphatic heterocycles. The van der Waals surface area contributed by atoms with Gasteiger partial charge < -0.3 is 66.5 Å². The number of carbonyl (C=O) groups excluding carboxylic acids is 7. The van der Waals surface area contributed by atoms with Gasteiger partial charge in [0, 0.05) is 25.2 Å². The number of hydrogen-bond donors (Lipinski definition) is 8. The minimum absolute atomic E-state index is 0.0556. The Hall–Kier alpha value is -7.39. The number of nitrogens with zero attached hydrogens (tertiary/aromatic N) is 2. The highest BCUT2D eigenvalue weighted by Gasteiger charge is 2.43. The van der Waals surface area contributed by atoms with E-state index in [2.05, 4.69) is 33.5 Å². The zero-order chi connectivity index (χ0) is 59.1. The summed E-state index contributed by atoms with van der Waals surface area (Å²) < 4.78 is 16.9. The zero-order valence-electron chi connectivity index (χ0n) is 48.0. The van der Waals surface area contributed by atoms with Crippen molar-refractivity contribution in [1.29, 1.82) is 0 Å². The van der Waals surface area contributed by atoms with E-state index in [0.717, 1.165) is 52.8 Å². The van der Waals surface area contributed by atoms with Crippen molar-refractivity contribution in [1.82, 2.24) is 36.4 Å². The Kier molecular flexibility index (Phi) is 25.1. The van der Waals surface area contributed by atoms with Crippen LogP contribution in [0.4, 0.5) is 0 Å². The number of unbranched alkanes of at least 4 members (excludes halogenated alkanes) is 2. The van der Waals surface area contributed by atoms with Gasteiger partial charge in [-0.25, -0.2) is 0 Å². The van der Waals surface area contributed by atoms with Crippen molar-refractivity contribution in [3.05, 3.63) is 108 Å². The highest BCUT2D eigenvalue weighted by Crippen LogP contribution is 2.28. The molecule has 8 atom stereocenters. The molecule has 6 rings (SSSR count). The van der Waals surface area contributed by atoms with Crippen LogP contribution in [-0.4, -0.2) is 157 Å². The fourth-order valence-electron chi connectivity index (χ4n) is 10.1. The lowest BCUT2D eigenvalue weighted by molar-refractivity contribution is -0.145. The van der Waals surface area contributed by atoms with Crippen LogP contribution in [0.3, 0.4) is 0 Å². The molecule has 2 aliphatic rings. The number of aliphatic hydroxyl groups excluding tert-OH is 1. The van der Waals surface area contributed by atoms with Crippen LogP contribution >= 0.6 is 0 Å². The number of phenolic OH excluding ortho intramolecular Hbond substituents is 1. The van der Waals surface area contributed by atoms with Gasteiger partial charge in [0.1, 0.15) is 41.7 Å². The Bertz CT molecular complexity index is 2710. The van der Waals surface area contributed by atoms with Gasteiger partial charge >= 0.3 is 0 Å². The average Bonchev–Trinajstić information content (AvgIpc) is 4.26. The van der Waals surface area contributed by atoms with Crippen LogP contribution in [0.15, 0.2) is 97.1 Å². The molecule has 444 valence electrons. The molecule has 7 amide bonds. The second-order valence-electron chi connectivity index (χ2n) is 21.2. The standard InChI is InChI=1S/C62H84N8O12/c1-6-9-10-33-81-49-28-24-46(25-29-49)44-18-16-43(17-19-44)45-20-22-47(23-21-45)56(74)64-38-55(73)65-50(7-2)61(78)69-32-11-12-53(69)58(76)67-52(30-15-42-13-26-48(72)27-14-42)57(75)66-51(8-3)62(79)70-39-40(4)37-54(70)59(77)68-60(41(5)71)82-36-35-80-34-31-63/h13-14,16-29,40-41,50-54,60,71-72H,6-12,15,30-39,63H2,1-5H3,(H,64,74)(H,65,73)(H,66,75)(H,67,76)(H,68,77)/t40-,41-,50?,51?,52?,53?,54?,60?/m1/s1. The third-order valence-electron chi connectivity index (χ3n) is 14.8. The Balaban J connectivity index is 1.03. The molecular formula is C62H84N8O12. The van der Waals surface area contributed by atoms with Gasteiger partial charge in [-0.15, -0.1) is 0 Å². The summed E-state index contributed by atoms with van der Waals surface area (Å²) in [6.07, 6.45) is 2.96. The SMILES string of the molecule is CCCCCOc1ccc(-c2ccc(-c3ccc(C(=O)NCC(=O)NC(CC)C(=O)N4CCCC4C(=O)NC(CCc4ccc(O)cc4)C(=O)NC(CC)C(=O)N4C[C@H](C)CC4C(=O)NC(OCCOCCN)[C@@H](C)O)cc3)cc2)cc1. The van der Waals surface area contributed by atoms with Crippen molar-refractivity contribution in [2.24, 2.45) is 11.7 Å². The largest absolute Gasteiger partial charge is 0.508 e. The van der Waals surface area contributed by atoms with E-state index in [1.165, 1.54) is 28.9 Å². The summed E-state index contributed by atoms with van der Waals surface area (Å²) in [5.41, 5.74) is 10.6. The molecule has 2 saturated heterocycles. The van der Waals surface area contributed by atoms with Crippen LogP contribution < -0.4 is 37.1 Å². The third kappa shape index (κ3) is 18.6. The van der Waals surface area contributed by atoms with Gasteiger partial charge in [-0.05, 0) is 128 Å². The highest BCUT2D eigenvalue weighted by atomic mass is 16.5. The monoisotopic (exact) mass is 1130 g/mol. The molecule has 0 radical (unpaired) electrons. The molecule has 20 nitrogen and oxygen atoms in total. The van der Waals surface area contributed by atoms with E-state index in [9.17, 15) is 43.8 Å². The molecule has 0 aromatic heterocycles. The average molecular weight is 1130 g/mol. The number of amides is 7. The van der Waals surface area contributed by atoms with Crippen molar-refractivity contribution in [3.8, 4) is 33.8 Å². The maximum absolute atomic E-state index is 14.3. The van der Waals surface area contributed by atoms with Gasteiger partial charge in [-0.2, -0.15) is 0 Å². The lowest BCUT2D eigenvalue weighted by Gasteiger charge is -2.31. The second-order valence-corrected chi connectivity index (χ2v) is 21.2. The summed E-state index contributed by atoms with van der Waals surface area (Å²) in [7, 11) is 0. The Morgan fingerprint density at radius 2 is 1.28 bits per heavy atom. The van der Waals surface area contributed by atoms with Crippen molar-refractivity contribution < 1.29 is 58.0 Å². The van der Waals surface area contributed by atoms with E-state index in [4.69, 9.17) is 19.9 Å². The normalized spacial score (nSPS) is 17.7. The molecule has 0 spiro atoms. The van der Waals surface area contributed by atoms with Crippen LogP contribution in [0.2, 0.25) is 0 Å². The van der Waals surface area contributed by atoms with E-state index in [1.54, 1.807) is 38.1 Å². The molecule has 9 N–H and O–H groups in total. The number of aliphatic hydroxyl groups is 1. The van der Waals surface area contributed by atoms with Crippen LogP contribution in [0.5, 0.6) is 11.5 Å². The Morgan fingerprint density at radius 3 is 1.89 bits per heavy atom. The number of aryl methyl sites for hydroxylation is 1. The summed E-state index contributed by atoms with van der Waals surface area (Å²) in [6.45, 7) is 10.6. The van der Waals surface area contributed by atoms with E-state index >= 15 is 0 Å². The van der Waals surface area contributed by atoms with Crippen LogP contribution in [0.1, 0.15) is 108 Å². The van der Waals surface area contributed by atoms with Gasteiger partial charge in [0.15, 0.2) is 6.23 Å². The number of ether oxygens (including phenoxy) is 3. The minimum atomic E-state index is -1.18. The molecule has 4 aromatic rings. The molecule has 20 heteroatoms. The molecule has 0 aliphatic carbocycles. The first-order chi connectivity index (χ1) is 39.5. The van der Waals surface area contributed by atoms with Crippen molar-refractivity contribution >= 4 is 41.4 Å². The summed E-state index contributed by atoms with van der Waals surface area (Å²) in [5.74, 6) is -3.01. The summed E-state index contributed by atoms with van der Waals surface area (Å²) in [4.78, 5) is 100. The first kappa shape index (κ1) is 63.8. The fourth-order valence-corrected chi connectivity index (χ4v) is 10.1. The number of phenols is 1. The number of carbonyl (C=O) groups is 7. The molecule has 82 heavy (non-hydrogen) atoms. The second kappa shape index (κ2) is 32.3. The van der Waals surface area contributed by atoms with E-state index in [-0.39, 0.29) is 63.7 Å². The maximum Gasteiger partial charge on any atom is 0.251 e. The lowest BCUT2D eigenvalue weighted by Crippen LogP contribution is -2.59. The van der Waals surface area contributed by atoms with Gasteiger partial charge in [-0.3, -0.25) is 33.6 Å². The number of aromatic hydroxyl groups is 1. The number of likely N-dealkylation sites (tertiary alicyclic amines) is 2. The van der Waals surface area contributed by atoms with Crippen molar-refractivity contribution in [2.45, 2.75) is 141 Å². The number of hydrogen-bond acceptors (Lipinski definition) is 13. The van der Waals surface area contributed by atoms with E-state index < -0.39 is 90.4 Å². The van der Waals surface area contributed by atoms with Crippen LogP contribution in [0.25, 0.3) is 22.3 Å². The topological polar surface area (TPSA) is 280 Å².